The lowest BCUT2D eigenvalue weighted by Crippen LogP contribution is -2.46. The maximum Gasteiger partial charge on any atom is 0.314 e. The van der Waals surface area contributed by atoms with Gasteiger partial charge in [0.15, 0.2) is 0 Å². The first kappa shape index (κ1) is 18.8. The summed E-state index contributed by atoms with van der Waals surface area (Å²) in [6.45, 7) is 1.30. The van der Waals surface area contributed by atoms with Gasteiger partial charge in [0.1, 0.15) is 5.41 Å². The van der Waals surface area contributed by atoms with E-state index in [9.17, 15) is 14.7 Å². The van der Waals surface area contributed by atoms with E-state index >= 15 is 0 Å². The predicted octanol–water partition coefficient (Wildman–Crippen LogP) is 3.47. The first-order valence-electron chi connectivity index (χ1n) is 10.1. The Morgan fingerprint density at radius 3 is 2.63 bits per heavy atom. The van der Waals surface area contributed by atoms with Gasteiger partial charge in [0.05, 0.1) is 23.4 Å². The van der Waals surface area contributed by atoms with Gasteiger partial charge in [-0.05, 0) is 24.5 Å². The summed E-state index contributed by atoms with van der Waals surface area (Å²) in [7, 11) is 0. The Morgan fingerprint density at radius 2 is 1.87 bits per heavy atom. The molecule has 2 fully saturated rings. The minimum absolute atomic E-state index is 0.0885. The third-order valence-electron chi connectivity index (χ3n) is 6.39. The van der Waals surface area contributed by atoms with Crippen molar-refractivity contribution in [2.45, 2.75) is 6.42 Å². The molecule has 0 saturated carbocycles. The van der Waals surface area contributed by atoms with Gasteiger partial charge in [0.25, 0.3) is 5.91 Å². The summed E-state index contributed by atoms with van der Waals surface area (Å²) in [5.41, 5.74) is 1.95. The molecule has 0 aliphatic carbocycles. The summed E-state index contributed by atoms with van der Waals surface area (Å²) in [6.07, 6.45) is 0.655. The van der Waals surface area contributed by atoms with Crippen molar-refractivity contribution < 1.29 is 19.4 Å². The third-order valence-corrected chi connectivity index (χ3v) is 6.39. The van der Waals surface area contributed by atoms with Crippen molar-refractivity contribution in [3.63, 3.8) is 0 Å². The fourth-order valence-corrected chi connectivity index (χ4v) is 4.72. The van der Waals surface area contributed by atoms with Crippen LogP contribution in [0, 0.1) is 11.3 Å². The molecule has 5 rings (SSSR count). The maximum absolute atomic E-state index is 13.6. The highest BCUT2D eigenvalue weighted by molar-refractivity contribution is 6.07. The monoisotopic (exact) mass is 402 g/mol. The Morgan fingerprint density at radius 1 is 1.10 bits per heavy atom. The van der Waals surface area contributed by atoms with Gasteiger partial charge < -0.3 is 14.7 Å². The van der Waals surface area contributed by atoms with Gasteiger partial charge in [-0.1, -0.05) is 48.5 Å². The fourth-order valence-electron chi connectivity index (χ4n) is 4.72. The normalized spacial score (nSPS) is 23.3. The van der Waals surface area contributed by atoms with Crippen molar-refractivity contribution in [3.8, 4) is 11.3 Å². The molecule has 0 bridgehead atoms. The molecule has 2 aliphatic rings. The number of carbonyl (C=O) groups excluding carboxylic acids is 1. The number of likely N-dealkylation sites (tertiary alicyclic amines) is 1. The van der Waals surface area contributed by atoms with Crippen molar-refractivity contribution in [2.75, 3.05) is 26.3 Å². The molecule has 152 valence electrons. The molecular weight excluding hydrogens is 380 g/mol. The molecule has 0 radical (unpaired) electrons. The summed E-state index contributed by atoms with van der Waals surface area (Å²) >= 11 is 0. The van der Waals surface area contributed by atoms with Crippen LogP contribution in [-0.4, -0.2) is 53.2 Å². The number of carbonyl (C=O) groups is 2. The van der Waals surface area contributed by atoms with Crippen LogP contribution < -0.4 is 0 Å². The summed E-state index contributed by atoms with van der Waals surface area (Å²) in [5.74, 6) is -1.12. The quantitative estimate of drug-likeness (QED) is 0.726. The van der Waals surface area contributed by atoms with Gasteiger partial charge in [-0.15, -0.1) is 0 Å². The first-order chi connectivity index (χ1) is 14.6. The van der Waals surface area contributed by atoms with Gasteiger partial charge in [0, 0.05) is 30.6 Å². The molecule has 3 aromatic rings. The highest BCUT2D eigenvalue weighted by atomic mass is 16.5. The second-order valence-electron chi connectivity index (χ2n) is 8.12. The van der Waals surface area contributed by atoms with E-state index in [4.69, 9.17) is 9.72 Å². The number of hydrogen-bond donors (Lipinski definition) is 1. The molecule has 6 heteroatoms. The molecule has 0 spiro atoms. The number of pyridine rings is 1. The minimum Gasteiger partial charge on any atom is -0.481 e. The standard InChI is InChI=1S/C24H22N2O4/c27-22(26-13-17-10-11-30-15-24(17,14-26)23(28)29)19-12-21(16-6-2-1-3-7-16)25-20-9-5-4-8-18(19)20/h1-9,12,17H,10-11,13-15H2,(H,28,29)/t17-,24+/m0/s1. The van der Waals surface area contributed by atoms with E-state index in [0.717, 1.165) is 22.2 Å². The van der Waals surface area contributed by atoms with E-state index in [2.05, 4.69) is 0 Å². The number of fused-ring (bicyclic) bond motifs is 2. The van der Waals surface area contributed by atoms with Crippen LogP contribution in [0.2, 0.25) is 0 Å². The van der Waals surface area contributed by atoms with Crippen molar-refractivity contribution >= 4 is 22.8 Å². The molecule has 3 heterocycles. The lowest BCUT2D eigenvalue weighted by molar-refractivity contribution is -0.159. The maximum atomic E-state index is 13.6. The second-order valence-corrected chi connectivity index (χ2v) is 8.12. The van der Waals surface area contributed by atoms with E-state index in [1.54, 1.807) is 4.90 Å². The highest BCUT2D eigenvalue weighted by Crippen LogP contribution is 2.42. The zero-order valence-corrected chi connectivity index (χ0v) is 16.5. The number of nitrogens with zero attached hydrogens (tertiary/aromatic N) is 2. The number of rotatable bonds is 3. The smallest absolute Gasteiger partial charge is 0.314 e. The second kappa shape index (κ2) is 7.22. The van der Waals surface area contributed by atoms with Gasteiger partial charge in [0.2, 0.25) is 0 Å². The highest BCUT2D eigenvalue weighted by Gasteiger charge is 2.55. The summed E-state index contributed by atoms with van der Waals surface area (Å²) in [5, 5.41) is 10.7. The number of aromatic nitrogens is 1. The zero-order valence-electron chi connectivity index (χ0n) is 16.5. The molecule has 1 aromatic heterocycles. The van der Waals surface area contributed by atoms with Crippen LogP contribution in [-0.2, 0) is 9.53 Å². The zero-order chi connectivity index (χ0) is 20.7. The number of benzene rings is 2. The molecule has 2 aliphatic heterocycles. The van der Waals surface area contributed by atoms with E-state index in [1.165, 1.54) is 0 Å². The average Bonchev–Trinajstić information content (AvgIpc) is 3.20. The lowest BCUT2D eigenvalue weighted by Gasteiger charge is -2.33. The Kier molecular flexibility index (Phi) is 4.51. The first-order valence-corrected chi connectivity index (χ1v) is 10.1. The van der Waals surface area contributed by atoms with E-state index in [0.29, 0.717) is 25.1 Å². The molecule has 2 aromatic carbocycles. The largest absolute Gasteiger partial charge is 0.481 e. The molecule has 2 atom stereocenters. The van der Waals surface area contributed by atoms with Crippen molar-refractivity contribution in [3.05, 3.63) is 66.2 Å². The average molecular weight is 402 g/mol. The topological polar surface area (TPSA) is 79.7 Å². The van der Waals surface area contributed by atoms with Crippen molar-refractivity contribution in [2.24, 2.45) is 11.3 Å². The van der Waals surface area contributed by atoms with Crippen LogP contribution in [0.25, 0.3) is 22.2 Å². The Balaban J connectivity index is 1.57. The number of para-hydroxylation sites is 1. The minimum atomic E-state index is -1.01. The Labute approximate surface area is 174 Å². The lowest BCUT2D eigenvalue weighted by atomic mass is 9.76. The summed E-state index contributed by atoms with van der Waals surface area (Å²) in [6, 6.07) is 19.2. The Hall–Kier alpha value is -3.25. The molecule has 2 saturated heterocycles. The van der Waals surface area contributed by atoms with Crippen molar-refractivity contribution in [1.82, 2.24) is 9.88 Å². The van der Waals surface area contributed by atoms with Crippen LogP contribution in [0.1, 0.15) is 16.8 Å². The van der Waals surface area contributed by atoms with Gasteiger partial charge in [-0.25, -0.2) is 4.98 Å². The van der Waals surface area contributed by atoms with Crippen LogP contribution in [0.15, 0.2) is 60.7 Å². The number of hydrogen-bond acceptors (Lipinski definition) is 4. The third kappa shape index (κ3) is 2.95. The van der Waals surface area contributed by atoms with E-state index in [-0.39, 0.29) is 25.0 Å². The van der Waals surface area contributed by atoms with Gasteiger partial charge in [-0.2, -0.15) is 0 Å². The molecular formula is C24H22N2O4. The summed E-state index contributed by atoms with van der Waals surface area (Å²) in [4.78, 5) is 32.1. The van der Waals surface area contributed by atoms with Crippen molar-refractivity contribution in [1.29, 1.82) is 0 Å². The number of carboxylic acids is 1. The summed E-state index contributed by atoms with van der Waals surface area (Å²) < 4.78 is 5.50. The van der Waals surface area contributed by atoms with Crippen LogP contribution in [0.4, 0.5) is 0 Å². The SMILES string of the molecule is O=C(c1cc(-c2ccccc2)nc2ccccc12)N1C[C@@H]2CCOC[C@]2(C(=O)O)C1. The molecule has 6 nitrogen and oxygen atoms in total. The van der Waals surface area contributed by atoms with Crippen LogP contribution >= 0.6 is 0 Å². The van der Waals surface area contributed by atoms with Gasteiger partial charge in [-0.3, -0.25) is 9.59 Å². The molecule has 30 heavy (non-hydrogen) atoms. The molecule has 1 N–H and O–H groups in total. The van der Waals surface area contributed by atoms with Crippen LogP contribution in [0.3, 0.4) is 0 Å². The number of carboxylic acid groups (broad SMARTS) is 1. The fraction of sp³-hybridized carbons (Fsp3) is 0.292. The number of aliphatic carboxylic acids is 1. The Bertz CT molecular complexity index is 1130. The number of amides is 1. The van der Waals surface area contributed by atoms with E-state index < -0.39 is 11.4 Å². The molecule has 0 unspecified atom stereocenters. The van der Waals surface area contributed by atoms with E-state index in [1.807, 2.05) is 60.7 Å². The predicted molar refractivity (Wildman–Crippen MR) is 112 cm³/mol. The number of ether oxygens (including phenoxy) is 1. The van der Waals surface area contributed by atoms with Crippen LogP contribution in [0.5, 0.6) is 0 Å². The molecule has 1 amide bonds. The van der Waals surface area contributed by atoms with Gasteiger partial charge >= 0.3 is 5.97 Å².